The normalized spacial score (nSPS) is 20.3. The molecule has 0 atom stereocenters. The van der Waals surface area contributed by atoms with Gasteiger partial charge in [0.15, 0.2) is 0 Å². The maximum atomic E-state index is 13.0. The van der Waals surface area contributed by atoms with Gasteiger partial charge in [0.1, 0.15) is 5.82 Å². The highest BCUT2D eigenvalue weighted by Gasteiger charge is 2.35. The molecule has 1 aliphatic heterocycles. The molecule has 128 valence electrons. The number of nitrogens with zero attached hydrogens (tertiary/aromatic N) is 2. The Labute approximate surface area is 133 Å². The maximum Gasteiger partial charge on any atom is 0.451 e. The van der Waals surface area contributed by atoms with Crippen LogP contribution in [-0.4, -0.2) is 35.1 Å². The first kappa shape index (κ1) is 16.4. The third kappa shape index (κ3) is 4.54. The molecular weight excluding hydrogens is 307 g/mol. The van der Waals surface area contributed by atoms with Gasteiger partial charge >= 0.3 is 6.18 Å². The van der Waals surface area contributed by atoms with E-state index in [0.717, 1.165) is 38.8 Å². The molecule has 5 nitrogen and oxygen atoms in total. The minimum Gasteiger partial charge on any atom is -0.367 e. The molecule has 2 aliphatic rings. The van der Waals surface area contributed by atoms with Crippen molar-refractivity contribution in [3.05, 3.63) is 17.6 Å². The average Bonchev–Trinajstić information content (AvgIpc) is 2.45. The third-order valence-corrected chi connectivity index (χ3v) is 4.40. The molecule has 1 aromatic rings. The molecule has 0 radical (unpaired) electrons. The summed E-state index contributed by atoms with van der Waals surface area (Å²) in [7, 11) is 0. The van der Waals surface area contributed by atoms with E-state index in [4.69, 9.17) is 0 Å². The molecule has 1 aromatic heterocycles. The molecule has 1 aliphatic carbocycles. The van der Waals surface area contributed by atoms with Gasteiger partial charge in [-0.3, -0.25) is 0 Å². The maximum absolute atomic E-state index is 13.0. The van der Waals surface area contributed by atoms with Crippen LogP contribution in [0.3, 0.4) is 0 Å². The number of rotatable bonds is 5. The average molecular weight is 329 g/mol. The van der Waals surface area contributed by atoms with E-state index in [9.17, 15) is 13.2 Å². The number of alkyl halides is 3. The van der Waals surface area contributed by atoms with Crippen molar-refractivity contribution in [3.8, 4) is 0 Å². The summed E-state index contributed by atoms with van der Waals surface area (Å²) in [5.74, 6) is -0.800. The van der Waals surface area contributed by atoms with Crippen molar-refractivity contribution in [2.75, 3.05) is 18.4 Å². The number of aromatic nitrogens is 2. The number of halogens is 3. The zero-order chi connectivity index (χ0) is 16.3. The van der Waals surface area contributed by atoms with Gasteiger partial charge in [0.25, 0.3) is 0 Å². The molecule has 8 heteroatoms. The molecule has 1 saturated carbocycles. The lowest BCUT2D eigenvalue weighted by atomic mass is 9.93. The topological polar surface area (TPSA) is 61.9 Å². The first-order valence-corrected chi connectivity index (χ1v) is 8.16. The highest BCUT2D eigenvalue weighted by molar-refractivity contribution is 5.38. The van der Waals surface area contributed by atoms with E-state index in [1.807, 2.05) is 0 Å². The van der Waals surface area contributed by atoms with Crippen molar-refractivity contribution in [1.29, 1.82) is 0 Å². The molecule has 0 unspecified atom stereocenters. The summed E-state index contributed by atoms with van der Waals surface area (Å²) >= 11 is 0. The van der Waals surface area contributed by atoms with Crippen LogP contribution in [-0.2, 0) is 12.7 Å². The van der Waals surface area contributed by atoms with Crippen molar-refractivity contribution in [2.45, 2.75) is 56.9 Å². The van der Waals surface area contributed by atoms with Gasteiger partial charge in [0, 0.05) is 24.7 Å². The van der Waals surface area contributed by atoms with Crippen molar-refractivity contribution in [2.24, 2.45) is 0 Å². The Hall–Kier alpha value is -1.41. The number of nitrogens with one attached hydrogen (secondary N) is 3. The van der Waals surface area contributed by atoms with Gasteiger partial charge in [-0.2, -0.15) is 13.2 Å². The summed E-state index contributed by atoms with van der Waals surface area (Å²) in [6.45, 7) is 2.08. The van der Waals surface area contributed by atoms with Crippen LogP contribution in [0, 0.1) is 0 Å². The third-order valence-electron chi connectivity index (χ3n) is 4.40. The molecule has 0 aromatic carbocycles. The monoisotopic (exact) mass is 329 g/mol. The van der Waals surface area contributed by atoms with Gasteiger partial charge in [0.2, 0.25) is 5.82 Å². The Morgan fingerprint density at radius 1 is 1.09 bits per heavy atom. The molecular formula is C15H22F3N5. The van der Waals surface area contributed by atoms with Gasteiger partial charge in [-0.05, 0) is 38.8 Å². The molecule has 0 spiro atoms. The van der Waals surface area contributed by atoms with E-state index in [0.29, 0.717) is 18.3 Å². The highest BCUT2D eigenvalue weighted by atomic mass is 19.4. The summed E-state index contributed by atoms with van der Waals surface area (Å²) in [6, 6.07) is 2.18. The predicted molar refractivity (Wildman–Crippen MR) is 81.0 cm³/mol. The summed E-state index contributed by atoms with van der Waals surface area (Å²) in [6.07, 6.45) is 0.561. The Balaban J connectivity index is 1.72. The van der Waals surface area contributed by atoms with Crippen LogP contribution in [0.2, 0.25) is 0 Å². The lowest BCUT2D eigenvalue weighted by molar-refractivity contribution is -0.145. The molecule has 1 saturated heterocycles. The minimum absolute atomic E-state index is 0.152. The number of hydrogen-bond acceptors (Lipinski definition) is 5. The molecule has 0 amide bonds. The minimum atomic E-state index is -4.53. The fourth-order valence-corrected chi connectivity index (χ4v) is 2.83. The highest BCUT2D eigenvalue weighted by Crippen LogP contribution is 2.28. The standard InChI is InChI=1S/C15H22F3N5/c16-15(17,18)14-22-12(9-20-10-2-1-3-10)8-13(23-14)21-11-4-6-19-7-5-11/h8,10-11,19-20H,1-7,9H2,(H,21,22,23). The Morgan fingerprint density at radius 3 is 2.43 bits per heavy atom. The molecule has 0 bridgehead atoms. The van der Waals surface area contributed by atoms with E-state index >= 15 is 0 Å². The van der Waals surface area contributed by atoms with Gasteiger partial charge in [0.05, 0.1) is 5.69 Å². The second-order valence-corrected chi connectivity index (χ2v) is 6.24. The Morgan fingerprint density at radius 2 is 1.83 bits per heavy atom. The van der Waals surface area contributed by atoms with Crippen molar-refractivity contribution in [1.82, 2.24) is 20.6 Å². The summed E-state index contributed by atoms with van der Waals surface area (Å²) < 4.78 is 39.1. The fraction of sp³-hybridized carbons (Fsp3) is 0.733. The Kier molecular flexibility index (Phi) is 5.01. The van der Waals surface area contributed by atoms with Crippen LogP contribution < -0.4 is 16.0 Å². The van der Waals surface area contributed by atoms with E-state index in [-0.39, 0.29) is 11.9 Å². The molecule has 3 N–H and O–H groups in total. The first-order chi connectivity index (χ1) is 11.0. The van der Waals surface area contributed by atoms with Crippen molar-refractivity contribution in [3.63, 3.8) is 0 Å². The first-order valence-electron chi connectivity index (χ1n) is 8.16. The summed E-state index contributed by atoms with van der Waals surface area (Å²) in [5.41, 5.74) is 0.385. The number of hydrogen-bond donors (Lipinski definition) is 3. The Bertz CT molecular complexity index is 524. The summed E-state index contributed by atoms with van der Waals surface area (Å²) in [4.78, 5) is 7.34. The van der Waals surface area contributed by atoms with E-state index in [2.05, 4.69) is 25.9 Å². The van der Waals surface area contributed by atoms with Crippen LogP contribution in [0.15, 0.2) is 6.07 Å². The number of piperidine rings is 1. The SMILES string of the molecule is FC(F)(F)c1nc(CNC2CCC2)cc(NC2CCNCC2)n1. The second kappa shape index (κ2) is 7.00. The second-order valence-electron chi connectivity index (χ2n) is 6.24. The van der Waals surface area contributed by atoms with Gasteiger partial charge in [-0.25, -0.2) is 9.97 Å². The largest absolute Gasteiger partial charge is 0.451 e. The van der Waals surface area contributed by atoms with Crippen LogP contribution >= 0.6 is 0 Å². The van der Waals surface area contributed by atoms with Crippen molar-refractivity contribution < 1.29 is 13.2 Å². The molecule has 2 heterocycles. The van der Waals surface area contributed by atoms with Crippen LogP contribution in [0.5, 0.6) is 0 Å². The molecule has 3 rings (SSSR count). The lowest BCUT2D eigenvalue weighted by Crippen LogP contribution is -2.36. The van der Waals surface area contributed by atoms with Gasteiger partial charge in [-0.1, -0.05) is 6.42 Å². The molecule has 23 heavy (non-hydrogen) atoms. The van der Waals surface area contributed by atoms with Crippen LogP contribution in [0.25, 0.3) is 0 Å². The summed E-state index contributed by atoms with van der Waals surface area (Å²) in [5, 5.41) is 9.61. The van der Waals surface area contributed by atoms with E-state index in [1.54, 1.807) is 6.07 Å². The molecule has 2 fully saturated rings. The van der Waals surface area contributed by atoms with Gasteiger partial charge < -0.3 is 16.0 Å². The van der Waals surface area contributed by atoms with Crippen LogP contribution in [0.1, 0.15) is 43.6 Å². The fourth-order valence-electron chi connectivity index (χ4n) is 2.83. The van der Waals surface area contributed by atoms with Gasteiger partial charge in [-0.15, -0.1) is 0 Å². The van der Waals surface area contributed by atoms with E-state index in [1.165, 1.54) is 6.42 Å². The number of anilines is 1. The quantitative estimate of drug-likeness (QED) is 0.774. The lowest BCUT2D eigenvalue weighted by Gasteiger charge is -2.27. The zero-order valence-corrected chi connectivity index (χ0v) is 12.9. The zero-order valence-electron chi connectivity index (χ0n) is 12.9. The van der Waals surface area contributed by atoms with E-state index < -0.39 is 12.0 Å². The smallest absolute Gasteiger partial charge is 0.367 e. The van der Waals surface area contributed by atoms with Crippen LogP contribution in [0.4, 0.5) is 19.0 Å². The van der Waals surface area contributed by atoms with Crippen molar-refractivity contribution >= 4 is 5.82 Å². The predicted octanol–water partition coefficient (Wildman–Crippen LogP) is 2.30.